The summed E-state index contributed by atoms with van der Waals surface area (Å²) in [5.41, 5.74) is 2.21. The highest BCUT2D eigenvalue weighted by Crippen LogP contribution is 2.18. The third kappa shape index (κ3) is 6.17. The Balaban J connectivity index is 1.35. The van der Waals surface area contributed by atoms with Crippen LogP contribution in [0.1, 0.15) is 0 Å². The zero-order chi connectivity index (χ0) is 23.8. The molecule has 0 fully saturated rings. The average molecular weight is 454 g/mol. The first-order valence-corrected chi connectivity index (χ1v) is 10.6. The van der Waals surface area contributed by atoms with E-state index in [0.717, 1.165) is 10.2 Å². The quantitative estimate of drug-likeness (QED) is 0.424. The zero-order valence-electron chi connectivity index (χ0n) is 18.2. The summed E-state index contributed by atoms with van der Waals surface area (Å²) >= 11 is 0. The maximum absolute atomic E-state index is 12.5. The third-order valence-corrected chi connectivity index (χ3v) is 4.77. The summed E-state index contributed by atoms with van der Waals surface area (Å²) < 4.78 is 6.65. The number of hydrogen-bond acceptors (Lipinski definition) is 5. The van der Waals surface area contributed by atoms with Crippen LogP contribution in [0.25, 0.3) is 11.3 Å². The minimum absolute atomic E-state index is 0.183. The Morgan fingerprint density at radius 2 is 1.44 bits per heavy atom. The SMILES string of the molecule is O=C(COc1cccc(NC(=O)Cn2nc(-c3ccccc3)ccc2=O)c1)Nc1ccccc1. The monoisotopic (exact) mass is 454 g/mol. The molecule has 8 nitrogen and oxygen atoms in total. The lowest BCUT2D eigenvalue weighted by atomic mass is 10.1. The van der Waals surface area contributed by atoms with Gasteiger partial charge in [-0.15, -0.1) is 0 Å². The van der Waals surface area contributed by atoms with Crippen molar-refractivity contribution in [2.45, 2.75) is 6.54 Å². The van der Waals surface area contributed by atoms with Crippen molar-refractivity contribution in [1.82, 2.24) is 9.78 Å². The predicted octanol–water partition coefficient (Wildman–Crippen LogP) is 3.57. The zero-order valence-corrected chi connectivity index (χ0v) is 18.2. The van der Waals surface area contributed by atoms with Crippen LogP contribution in [0.15, 0.2) is 102 Å². The molecule has 3 aromatic carbocycles. The molecule has 0 aliphatic rings. The van der Waals surface area contributed by atoms with Crippen LogP contribution in [0.4, 0.5) is 11.4 Å². The van der Waals surface area contributed by atoms with Crippen LogP contribution in [0.5, 0.6) is 5.75 Å². The van der Waals surface area contributed by atoms with E-state index < -0.39 is 5.91 Å². The molecule has 4 aromatic rings. The van der Waals surface area contributed by atoms with Crippen molar-refractivity contribution in [2.75, 3.05) is 17.2 Å². The summed E-state index contributed by atoms with van der Waals surface area (Å²) in [5.74, 6) is -0.300. The van der Waals surface area contributed by atoms with Crippen LogP contribution in [-0.2, 0) is 16.1 Å². The van der Waals surface area contributed by atoms with Crippen molar-refractivity contribution in [3.05, 3.63) is 107 Å². The number of nitrogens with one attached hydrogen (secondary N) is 2. The average Bonchev–Trinajstić information content (AvgIpc) is 2.85. The lowest BCUT2D eigenvalue weighted by molar-refractivity contribution is -0.118. The number of nitrogens with zero attached hydrogens (tertiary/aromatic N) is 2. The first-order chi connectivity index (χ1) is 16.6. The highest BCUT2D eigenvalue weighted by atomic mass is 16.5. The maximum Gasteiger partial charge on any atom is 0.267 e. The highest BCUT2D eigenvalue weighted by molar-refractivity contribution is 5.92. The molecule has 0 unspecified atom stereocenters. The Morgan fingerprint density at radius 1 is 0.765 bits per heavy atom. The number of benzene rings is 3. The normalized spacial score (nSPS) is 10.4. The van der Waals surface area contributed by atoms with E-state index >= 15 is 0 Å². The molecule has 2 N–H and O–H groups in total. The third-order valence-electron chi connectivity index (χ3n) is 4.77. The fourth-order valence-electron chi connectivity index (χ4n) is 3.19. The lowest BCUT2D eigenvalue weighted by Crippen LogP contribution is -2.29. The van der Waals surface area contributed by atoms with E-state index in [4.69, 9.17) is 4.74 Å². The fraction of sp³-hybridized carbons (Fsp3) is 0.0769. The number of para-hydroxylation sites is 1. The fourth-order valence-corrected chi connectivity index (χ4v) is 3.19. The number of anilines is 2. The van der Waals surface area contributed by atoms with Crippen LogP contribution in [-0.4, -0.2) is 28.2 Å². The molecule has 0 saturated heterocycles. The molecule has 4 rings (SSSR count). The van der Waals surface area contributed by atoms with Crippen LogP contribution in [0.3, 0.4) is 0 Å². The molecular formula is C26H22N4O4. The predicted molar refractivity (Wildman–Crippen MR) is 130 cm³/mol. The van der Waals surface area contributed by atoms with Crippen LogP contribution < -0.4 is 20.9 Å². The number of hydrogen-bond donors (Lipinski definition) is 2. The van der Waals surface area contributed by atoms with E-state index in [2.05, 4.69) is 15.7 Å². The standard InChI is InChI=1S/C26H22N4O4/c31-24(17-30-26(33)15-14-23(29-30)19-8-3-1-4-9-19)28-21-12-7-13-22(16-21)34-18-25(32)27-20-10-5-2-6-11-20/h1-16H,17-18H2,(H,27,32)(H,28,31). The minimum atomic E-state index is -0.418. The number of carbonyl (C=O) groups is 2. The molecule has 1 heterocycles. The number of rotatable bonds is 8. The van der Waals surface area contributed by atoms with Gasteiger partial charge in [-0.3, -0.25) is 14.4 Å². The lowest BCUT2D eigenvalue weighted by Gasteiger charge is -2.11. The second kappa shape index (κ2) is 10.7. The minimum Gasteiger partial charge on any atom is -0.484 e. The number of aromatic nitrogens is 2. The molecule has 170 valence electrons. The second-order valence-corrected chi connectivity index (χ2v) is 7.36. The Hall–Kier alpha value is -4.72. The molecule has 0 saturated carbocycles. The maximum atomic E-state index is 12.5. The van der Waals surface area contributed by atoms with Gasteiger partial charge in [-0.05, 0) is 30.3 Å². The number of ether oxygens (including phenoxy) is 1. The molecule has 0 atom stereocenters. The van der Waals surface area contributed by atoms with Crippen LogP contribution in [0, 0.1) is 0 Å². The summed E-state index contributed by atoms with van der Waals surface area (Å²) in [6.45, 7) is -0.429. The van der Waals surface area contributed by atoms with Gasteiger partial charge in [0.05, 0.1) is 5.69 Å². The number of amides is 2. The van der Waals surface area contributed by atoms with Gasteiger partial charge in [-0.25, -0.2) is 4.68 Å². The van der Waals surface area contributed by atoms with Crippen molar-refractivity contribution in [1.29, 1.82) is 0 Å². The van der Waals surface area contributed by atoms with Gasteiger partial charge in [-0.1, -0.05) is 54.6 Å². The van der Waals surface area contributed by atoms with E-state index in [1.165, 1.54) is 6.07 Å². The van der Waals surface area contributed by atoms with E-state index in [-0.39, 0.29) is 24.6 Å². The Kier molecular flexibility index (Phi) is 7.09. The van der Waals surface area contributed by atoms with Crippen molar-refractivity contribution < 1.29 is 14.3 Å². The highest BCUT2D eigenvalue weighted by Gasteiger charge is 2.10. The molecule has 0 aliphatic carbocycles. The smallest absolute Gasteiger partial charge is 0.267 e. The van der Waals surface area contributed by atoms with Gasteiger partial charge in [-0.2, -0.15) is 5.10 Å². The largest absolute Gasteiger partial charge is 0.484 e. The van der Waals surface area contributed by atoms with Crippen molar-refractivity contribution in [3.8, 4) is 17.0 Å². The molecular weight excluding hydrogens is 432 g/mol. The van der Waals surface area contributed by atoms with Crippen molar-refractivity contribution in [3.63, 3.8) is 0 Å². The van der Waals surface area contributed by atoms with Gasteiger partial charge in [0, 0.05) is 29.1 Å². The van der Waals surface area contributed by atoms with Gasteiger partial charge in [0.2, 0.25) is 5.91 Å². The first kappa shape index (κ1) is 22.5. The summed E-state index contributed by atoms with van der Waals surface area (Å²) in [4.78, 5) is 36.8. The molecule has 0 aliphatic heterocycles. The summed E-state index contributed by atoms with van der Waals surface area (Å²) in [7, 11) is 0. The second-order valence-electron chi connectivity index (χ2n) is 7.36. The Bertz CT molecular complexity index is 1340. The molecule has 0 radical (unpaired) electrons. The van der Waals surface area contributed by atoms with E-state index in [9.17, 15) is 14.4 Å². The van der Waals surface area contributed by atoms with Gasteiger partial charge in [0.15, 0.2) is 6.61 Å². The molecule has 2 amide bonds. The summed E-state index contributed by atoms with van der Waals surface area (Å²) in [6, 6.07) is 28.1. The number of carbonyl (C=O) groups excluding carboxylic acids is 2. The van der Waals surface area contributed by atoms with Crippen molar-refractivity contribution >= 4 is 23.2 Å². The van der Waals surface area contributed by atoms with E-state index in [1.807, 2.05) is 48.5 Å². The summed E-state index contributed by atoms with van der Waals surface area (Å²) in [5, 5.41) is 9.76. The van der Waals surface area contributed by atoms with E-state index in [0.29, 0.717) is 22.8 Å². The van der Waals surface area contributed by atoms with Gasteiger partial charge in [0.25, 0.3) is 11.5 Å². The topological polar surface area (TPSA) is 102 Å². The molecule has 1 aromatic heterocycles. The Labute approximate surface area is 195 Å². The molecule has 8 heteroatoms. The molecule has 0 spiro atoms. The Morgan fingerprint density at radius 3 is 2.21 bits per heavy atom. The van der Waals surface area contributed by atoms with E-state index in [1.54, 1.807) is 42.5 Å². The van der Waals surface area contributed by atoms with Gasteiger partial charge < -0.3 is 15.4 Å². The summed E-state index contributed by atoms with van der Waals surface area (Å²) in [6.07, 6.45) is 0. The first-order valence-electron chi connectivity index (χ1n) is 10.6. The van der Waals surface area contributed by atoms with Gasteiger partial charge >= 0.3 is 0 Å². The van der Waals surface area contributed by atoms with Gasteiger partial charge in [0.1, 0.15) is 12.3 Å². The van der Waals surface area contributed by atoms with Crippen LogP contribution in [0.2, 0.25) is 0 Å². The van der Waals surface area contributed by atoms with Crippen molar-refractivity contribution in [2.24, 2.45) is 0 Å². The molecule has 34 heavy (non-hydrogen) atoms. The molecule has 0 bridgehead atoms. The van der Waals surface area contributed by atoms with Crippen LogP contribution >= 0.6 is 0 Å².